The number of primary amides is 1. The number of carbonyl (C=O) groups excluding carboxylic acids is 1. The average Bonchev–Trinajstić information content (AvgIpc) is 2.78. The summed E-state index contributed by atoms with van der Waals surface area (Å²) in [7, 11) is 0. The van der Waals surface area contributed by atoms with Crippen LogP contribution in [0.4, 0.5) is 0 Å². The molecule has 4 N–H and O–H groups in total. The zero-order chi connectivity index (χ0) is 13.1. The van der Waals surface area contributed by atoms with Gasteiger partial charge in [-0.3, -0.25) is 4.79 Å². The van der Waals surface area contributed by atoms with Gasteiger partial charge in [0.2, 0.25) is 5.91 Å². The van der Waals surface area contributed by atoms with Crippen LogP contribution < -0.4 is 11.5 Å². The van der Waals surface area contributed by atoms with Crippen LogP contribution >= 0.6 is 0 Å². The van der Waals surface area contributed by atoms with Crippen LogP contribution in [0.2, 0.25) is 0 Å². The van der Waals surface area contributed by atoms with Crippen molar-refractivity contribution in [2.45, 2.75) is 19.5 Å². The molecule has 1 heterocycles. The molecule has 0 saturated heterocycles. The van der Waals surface area contributed by atoms with Gasteiger partial charge in [0.15, 0.2) is 0 Å². The van der Waals surface area contributed by atoms with Gasteiger partial charge in [-0.25, -0.2) is 4.68 Å². The minimum atomic E-state index is -0.429. The lowest BCUT2D eigenvalue weighted by Gasteiger charge is -2.02. The quantitative estimate of drug-likeness (QED) is 0.816. The van der Waals surface area contributed by atoms with E-state index in [-0.39, 0.29) is 6.04 Å². The first-order chi connectivity index (χ1) is 8.56. The lowest BCUT2D eigenvalue weighted by molar-refractivity contribution is 0.100. The van der Waals surface area contributed by atoms with Gasteiger partial charge < -0.3 is 11.5 Å². The number of amides is 1. The molecule has 2 aromatic rings. The van der Waals surface area contributed by atoms with Gasteiger partial charge in [-0.15, -0.1) is 5.10 Å². The maximum atomic E-state index is 10.9. The first kappa shape index (κ1) is 12.3. The summed E-state index contributed by atoms with van der Waals surface area (Å²) in [6, 6.07) is 6.94. The van der Waals surface area contributed by atoms with Crippen molar-refractivity contribution >= 4 is 5.91 Å². The largest absolute Gasteiger partial charge is 0.366 e. The first-order valence-corrected chi connectivity index (χ1v) is 5.60. The van der Waals surface area contributed by atoms with Gasteiger partial charge in [-0.05, 0) is 24.6 Å². The van der Waals surface area contributed by atoms with Gasteiger partial charge in [0.25, 0.3) is 0 Å². The third-order valence-electron chi connectivity index (χ3n) is 2.61. The molecule has 0 fully saturated rings. The fourth-order valence-electron chi connectivity index (χ4n) is 1.56. The summed E-state index contributed by atoms with van der Waals surface area (Å²) >= 11 is 0. The van der Waals surface area contributed by atoms with E-state index in [0.717, 1.165) is 11.3 Å². The Morgan fingerprint density at radius 3 is 2.56 bits per heavy atom. The van der Waals surface area contributed by atoms with Crippen molar-refractivity contribution in [2.24, 2.45) is 11.5 Å². The standard InChI is InChI=1S/C12H15N5O/c1-8(13)11-7-17(16-15-11)6-9-2-4-10(5-3-9)12(14)18/h2-5,7-8H,6,13H2,1H3,(H2,14,18). The van der Waals surface area contributed by atoms with E-state index in [1.54, 1.807) is 16.8 Å². The number of nitrogens with zero attached hydrogens (tertiary/aromatic N) is 3. The molecule has 0 aliphatic heterocycles. The summed E-state index contributed by atoms with van der Waals surface area (Å²) in [5, 5.41) is 7.96. The molecular weight excluding hydrogens is 230 g/mol. The van der Waals surface area contributed by atoms with Crippen molar-refractivity contribution in [1.82, 2.24) is 15.0 Å². The van der Waals surface area contributed by atoms with E-state index in [1.165, 1.54) is 0 Å². The van der Waals surface area contributed by atoms with E-state index < -0.39 is 5.91 Å². The predicted molar refractivity (Wildman–Crippen MR) is 66.7 cm³/mol. The highest BCUT2D eigenvalue weighted by Crippen LogP contribution is 2.08. The molecule has 1 amide bonds. The topological polar surface area (TPSA) is 99.8 Å². The maximum Gasteiger partial charge on any atom is 0.248 e. The summed E-state index contributed by atoms with van der Waals surface area (Å²) in [6.07, 6.45) is 1.81. The van der Waals surface area contributed by atoms with Gasteiger partial charge in [0.05, 0.1) is 18.4 Å². The Labute approximate surface area is 105 Å². The van der Waals surface area contributed by atoms with Crippen molar-refractivity contribution in [3.8, 4) is 0 Å². The molecular formula is C12H15N5O. The summed E-state index contributed by atoms with van der Waals surface area (Å²) < 4.78 is 1.71. The van der Waals surface area contributed by atoms with Gasteiger partial charge in [0, 0.05) is 11.6 Å². The third kappa shape index (κ3) is 2.72. The van der Waals surface area contributed by atoms with Crippen LogP contribution in [0.15, 0.2) is 30.5 Å². The Morgan fingerprint density at radius 2 is 2.06 bits per heavy atom. The molecule has 0 radical (unpaired) electrons. The van der Waals surface area contributed by atoms with Crippen LogP contribution in [0.1, 0.15) is 34.6 Å². The monoisotopic (exact) mass is 245 g/mol. The zero-order valence-corrected chi connectivity index (χ0v) is 10.1. The Kier molecular flexibility index (Phi) is 3.38. The Balaban J connectivity index is 2.10. The molecule has 0 spiro atoms. The molecule has 18 heavy (non-hydrogen) atoms. The highest BCUT2D eigenvalue weighted by Gasteiger charge is 2.06. The molecule has 94 valence electrons. The molecule has 0 aliphatic rings. The average molecular weight is 245 g/mol. The number of benzene rings is 1. The summed E-state index contributed by atoms with van der Waals surface area (Å²) in [5.41, 5.74) is 13.1. The number of aromatic nitrogens is 3. The number of nitrogens with two attached hydrogens (primary N) is 2. The summed E-state index contributed by atoms with van der Waals surface area (Å²) in [4.78, 5) is 10.9. The van der Waals surface area contributed by atoms with Crippen LogP contribution in [0.3, 0.4) is 0 Å². The van der Waals surface area contributed by atoms with Crippen LogP contribution in [0, 0.1) is 0 Å². The van der Waals surface area contributed by atoms with Crippen molar-refractivity contribution in [1.29, 1.82) is 0 Å². The van der Waals surface area contributed by atoms with E-state index in [2.05, 4.69) is 10.3 Å². The Morgan fingerprint density at radius 1 is 1.39 bits per heavy atom. The van der Waals surface area contributed by atoms with Gasteiger partial charge in [0.1, 0.15) is 0 Å². The first-order valence-electron chi connectivity index (χ1n) is 5.60. The van der Waals surface area contributed by atoms with Crippen molar-refractivity contribution in [2.75, 3.05) is 0 Å². The maximum absolute atomic E-state index is 10.9. The molecule has 1 unspecified atom stereocenters. The lowest BCUT2D eigenvalue weighted by atomic mass is 10.1. The molecule has 0 aliphatic carbocycles. The predicted octanol–water partition coefficient (Wildman–Crippen LogP) is 0.445. The SMILES string of the molecule is CC(N)c1cn(Cc2ccc(C(N)=O)cc2)nn1. The number of carbonyl (C=O) groups is 1. The second-order valence-electron chi connectivity index (χ2n) is 4.19. The highest BCUT2D eigenvalue weighted by molar-refractivity contribution is 5.92. The van der Waals surface area contributed by atoms with Crippen molar-refractivity contribution < 1.29 is 4.79 Å². The molecule has 1 aromatic heterocycles. The lowest BCUT2D eigenvalue weighted by Crippen LogP contribution is -2.10. The second-order valence-corrected chi connectivity index (χ2v) is 4.19. The van der Waals surface area contributed by atoms with Gasteiger partial charge >= 0.3 is 0 Å². The van der Waals surface area contributed by atoms with Gasteiger partial charge in [-0.2, -0.15) is 0 Å². The number of rotatable bonds is 4. The van der Waals surface area contributed by atoms with Gasteiger partial charge in [-0.1, -0.05) is 17.3 Å². The van der Waals surface area contributed by atoms with E-state index >= 15 is 0 Å². The molecule has 0 bridgehead atoms. The number of hydrogen-bond donors (Lipinski definition) is 2. The van der Waals surface area contributed by atoms with Crippen LogP contribution in [0.5, 0.6) is 0 Å². The smallest absolute Gasteiger partial charge is 0.248 e. The molecule has 6 heteroatoms. The normalized spacial score (nSPS) is 12.3. The fourth-order valence-corrected chi connectivity index (χ4v) is 1.56. The minimum Gasteiger partial charge on any atom is -0.366 e. The van der Waals surface area contributed by atoms with Crippen molar-refractivity contribution in [3.63, 3.8) is 0 Å². The molecule has 1 aromatic carbocycles. The number of hydrogen-bond acceptors (Lipinski definition) is 4. The molecule has 0 saturated carbocycles. The Hall–Kier alpha value is -2.21. The summed E-state index contributed by atoms with van der Waals surface area (Å²) in [5.74, 6) is -0.429. The van der Waals surface area contributed by atoms with Crippen LogP contribution in [-0.2, 0) is 6.54 Å². The van der Waals surface area contributed by atoms with E-state index in [4.69, 9.17) is 11.5 Å². The van der Waals surface area contributed by atoms with E-state index in [9.17, 15) is 4.79 Å². The molecule has 6 nitrogen and oxygen atoms in total. The third-order valence-corrected chi connectivity index (χ3v) is 2.61. The Bertz CT molecular complexity index is 544. The highest BCUT2D eigenvalue weighted by atomic mass is 16.1. The molecule has 2 rings (SSSR count). The van der Waals surface area contributed by atoms with E-state index in [0.29, 0.717) is 12.1 Å². The second kappa shape index (κ2) is 4.97. The molecule has 1 atom stereocenters. The van der Waals surface area contributed by atoms with Crippen LogP contribution in [-0.4, -0.2) is 20.9 Å². The van der Waals surface area contributed by atoms with Crippen molar-refractivity contribution in [3.05, 3.63) is 47.3 Å². The summed E-state index contributed by atoms with van der Waals surface area (Å²) in [6.45, 7) is 2.44. The van der Waals surface area contributed by atoms with E-state index in [1.807, 2.05) is 25.3 Å². The fraction of sp³-hybridized carbons (Fsp3) is 0.250. The zero-order valence-electron chi connectivity index (χ0n) is 10.1. The van der Waals surface area contributed by atoms with Crippen LogP contribution in [0.25, 0.3) is 0 Å². The minimum absolute atomic E-state index is 0.129.